The maximum Gasteiger partial charge on any atom is 0.134 e. The van der Waals surface area contributed by atoms with Crippen molar-refractivity contribution < 1.29 is 4.74 Å². The van der Waals surface area contributed by atoms with Crippen LogP contribution in [0.5, 0.6) is 5.75 Å². The molecular formula is C19H22BrNO. The minimum atomic E-state index is -0.168. The fourth-order valence-electron chi connectivity index (χ4n) is 3.13. The van der Waals surface area contributed by atoms with Crippen LogP contribution < -0.4 is 10.5 Å². The van der Waals surface area contributed by atoms with Crippen molar-refractivity contribution in [3.63, 3.8) is 0 Å². The van der Waals surface area contributed by atoms with Crippen molar-refractivity contribution in [1.82, 2.24) is 0 Å². The number of halogens is 1. The van der Waals surface area contributed by atoms with Crippen molar-refractivity contribution >= 4 is 15.9 Å². The molecule has 0 aromatic heterocycles. The Labute approximate surface area is 140 Å². The maximum absolute atomic E-state index is 6.60. The fraction of sp³-hybridized carbons (Fsp3) is 0.368. The van der Waals surface area contributed by atoms with Crippen LogP contribution in [0.1, 0.15) is 43.2 Å². The van der Waals surface area contributed by atoms with Gasteiger partial charge in [-0.05, 0) is 52.0 Å². The van der Waals surface area contributed by atoms with E-state index in [2.05, 4.69) is 40.2 Å². The van der Waals surface area contributed by atoms with Crippen molar-refractivity contribution in [3.8, 4) is 5.75 Å². The highest BCUT2D eigenvalue weighted by Gasteiger charge is 2.29. The van der Waals surface area contributed by atoms with Crippen LogP contribution in [0.25, 0.3) is 0 Å². The van der Waals surface area contributed by atoms with Crippen LogP contribution in [0, 0.1) is 0 Å². The smallest absolute Gasteiger partial charge is 0.134 e. The third kappa shape index (κ3) is 3.53. The summed E-state index contributed by atoms with van der Waals surface area (Å²) in [5, 5.41) is 0. The zero-order valence-electron chi connectivity index (χ0n) is 12.7. The molecule has 116 valence electrons. The Morgan fingerprint density at radius 1 is 1.00 bits per heavy atom. The van der Waals surface area contributed by atoms with Crippen LogP contribution in [0.15, 0.2) is 53.0 Å². The largest absolute Gasteiger partial charge is 0.488 e. The van der Waals surface area contributed by atoms with Gasteiger partial charge in [-0.2, -0.15) is 0 Å². The van der Waals surface area contributed by atoms with Crippen LogP contribution >= 0.6 is 15.9 Å². The van der Waals surface area contributed by atoms with E-state index in [-0.39, 0.29) is 5.54 Å². The van der Waals surface area contributed by atoms with E-state index >= 15 is 0 Å². The summed E-state index contributed by atoms with van der Waals surface area (Å²) in [6, 6.07) is 16.5. The summed E-state index contributed by atoms with van der Waals surface area (Å²) in [6.45, 7) is 0.576. The first-order valence-electron chi connectivity index (χ1n) is 7.93. The van der Waals surface area contributed by atoms with Crippen molar-refractivity contribution in [3.05, 3.63) is 64.1 Å². The molecule has 0 saturated heterocycles. The molecular weight excluding hydrogens is 338 g/mol. The minimum absolute atomic E-state index is 0.168. The Hall–Kier alpha value is -1.32. The van der Waals surface area contributed by atoms with Crippen LogP contribution in [0.3, 0.4) is 0 Å². The maximum atomic E-state index is 6.60. The molecule has 1 saturated carbocycles. The number of hydrogen-bond donors (Lipinski definition) is 1. The summed E-state index contributed by atoms with van der Waals surface area (Å²) in [4.78, 5) is 0. The lowest BCUT2D eigenvalue weighted by atomic mass is 9.77. The first kappa shape index (κ1) is 15.6. The Morgan fingerprint density at radius 3 is 2.41 bits per heavy atom. The summed E-state index contributed by atoms with van der Waals surface area (Å²) in [6.07, 6.45) is 5.90. The van der Waals surface area contributed by atoms with Gasteiger partial charge in [0.1, 0.15) is 12.4 Å². The molecule has 3 rings (SSSR count). The van der Waals surface area contributed by atoms with E-state index in [0.717, 1.165) is 23.1 Å². The normalized spacial score (nSPS) is 17.2. The third-order valence-electron chi connectivity index (χ3n) is 4.49. The average molecular weight is 360 g/mol. The van der Waals surface area contributed by atoms with Crippen LogP contribution in [0.4, 0.5) is 0 Å². The molecule has 2 N–H and O–H groups in total. The van der Waals surface area contributed by atoms with E-state index in [4.69, 9.17) is 10.5 Å². The van der Waals surface area contributed by atoms with Gasteiger partial charge in [-0.1, -0.05) is 55.7 Å². The van der Waals surface area contributed by atoms with Crippen molar-refractivity contribution in [2.75, 3.05) is 0 Å². The first-order valence-corrected chi connectivity index (χ1v) is 8.72. The number of nitrogens with two attached hydrogens (primary N) is 1. The third-order valence-corrected chi connectivity index (χ3v) is 5.11. The standard InChI is InChI=1S/C19H22BrNO/c20-17-13-16(19(21)11-5-2-6-12-19)9-10-18(17)22-14-15-7-3-1-4-8-15/h1,3-4,7-10,13H,2,5-6,11-12,14,21H2. The zero-order chi connectivity index (χ0) is 15.4. The molecule has 0 spiro atoms. The quantitative estimate of drug-likeness (QED) is 0.819. The monoisotopic (exact) mass is 359 g/mol. The molecule has 2 nitrogen and oxygen atoms in total. The summed E-state index contributed by atoms with van der Waals surface area (Å²) in [5.41, 5.74) is 8.82. The summed E-state index contributed by atoms with van der Waals surface area (Å²) in [7, 11) is 0. The molecule has 0 unspecified atom stereocenters. The van der Waals surface area contributed by atoms with Crippen molar-refractivity contribution in [2.24, 2.45) is 5.73 Å². The van der Waals surface area contributed by atoms with Gasteiger partial charge in [0.25, 0.3) is 0 Å². The predicted molar refractivity (Wildman–Crippen MR) is 93.9 cm³/mol. The highest BCUT2D eigenvalue weighted by Crippen LogP contribution is 2.37. The fourth-order valence-corrected chi connectivity index (χ4v) is 3.63. The molecule has 0 amide bonds. The number of benzene rings is 2. The predicted octanol–water partition coefficient (Wildman–Crippen LogP) is 5.15. The number of hydrogen-bond acceptors (Lipinski definition) is 2. The Balaban J connectivity index is 1.72. The highest BCUT2D eigenvalue weighted by molar-refractivity contribution is 9.10. The van der Waals surface area contributed by atoms with Gasteiger partial charge >= 0.3 is 0 Å². The average Bonchev–Trinajstić information content (AvgIpc) is 2.55. The van der Waals surface area contributed by atoms with Gasteiger partial charge < -0.3 is 10.5 Å². The van der Waals surface area contributed by atoms with Crippen LogP contribution in [-0.4, -0.2) is 0 Å². The van der Waals surface area contributed by atoms with E-state index in [0.29, 0.717) is 6.61 Å². The molecule has 0 heterocycles. The second kappa shape index (κ2) is 6.84. The van der Waals surface area contributed by atoms with E-state index in [1.165, 1.54) is 30.4 Å². The molecule has 22 heavy (non-hydrogen) atoms. The van der Waals surface area contributed by atoms with E-state index in [1.54, 1.807) is 0 Å². The SMILES string of the molecule is NC1(c2ccc(OCc3ccccc3)c(Br)c2)CCCCC1. The van der Waals surface area contributed by atoms with Gasteiger partial charge in [0, 0.05) is 5.54 Å². The van der Waals surface area contributed by atoms with Crippen LogP contribution in [-0.2, 0) is 12.1 Å². The lowest BCUT2D eigenvalue weighted by Crippen LogP contribution is -2.38. The summed E-state index contributed by atoms with van der Waals surface area (Å²) >= 11 is 3.63. The van der Waals surface area contributed by atoms with Gasteiger partial charge in [0.2, 0.25) is 0 Å². The second-order valence-corrected chi connectivity index (χ2v) is 6.99. The molecule has 0 radical (unpaired) electrons. The molecule has 2 aromatic rings. The molecule has 1 aliphatic rings. The zero-order valence-corrected chi connectivity index (χ0v) is 14.3. The van der Waals surface area contributed by atoms with Crippen molar-refractivity contribution in [2.45, 2.75) is 44.2 Å². The van der Waals surface area contributed by atoms with E-state index in [9.17, 15) is 0 Å². The molecule has 1 aliphatic carbocycles. The lowest BCUT2D eigenvalue weighted by molar-refractivity contribution is 0.296. The molecule has 1 fully saturated rings. The van der Waals surface area contributed by atoms with Gasteiger partial charge in [-0.3, -0.25) is 0 Å². The Bertz CT molecular complexity index is 621. The number of rotatable bonds is 4. The summed E-state index contributed by atoms with van der Waals surface area (Å²) in [5.74, 6) is 0.868. The lowest BCUT2D eigenvalue weighted by Gasteiger charge is -2.34. The summed E-state index contributed by atoms with van der Waals surface area (Å²) < 4.78 is 6.89. The van der Waals surface area contributed by atoms with Gasteiger partial charge in [-0.25, -0.2) is 0 Å². The highest BCUT2D eigenvalue weighted by atomic mass is 79.9. The Kier molecular flexibility index (Phi) is 4.84. The topological polar surface area (TPSA) is 35.2 Å². The Morgan fingerprint density at radius 2 is 1.73 bits per heavy atom. The van der Waals surface area contributed by atoms with Gasteiger partial charge in [0.15, 0.2) is 0 Å². The molecule has 0 atom stereocenters. The van der Waals surface area contributed by atoms with Gasteiger partial charge in [0.05, 0.1) is 4.47 Å². The van der Waals surface area contributed by atoms with E-state index in [1.807, 2.05) is 24.3 Å². The molecule has 0 bridgehead atoms. The first-order chi connectivity index (χ1) is 10.7. The number of ether oxygens (including phenoxy) is 1. The van der Waals surface area contributed by atoms with Crippen molar-refractivity contribution in [1.29, 1.82) is 0 Å². The molecule has 3 heteroatoms. The molecule has 2 aromatic carbocycles. The van der Waals surface area contributed by atoms with E-state index < -0.39 is 0 Å². The van der Waals surface area contributed by atoms with Crippen LogP contribution in [0.2, 0.25) is 0 Å². The van der Waals surface area contributed by atoms with Gasteiger partial charge in [-0.15, -0.1) is 0 Å². The second-order valence-electron chi connectivity index (χ2n) is 6.14. The molecule has 0 aliphatic heterocycles. The minimum Gasteiger partial charge on any atom is -0.488 e.